The van der Waals surface area contributed by atoms with Crippen molar-refractivity contribution in [3.05, 3.63) is 35.6 Å². The molecule has 2 rings (SSSR count). The zero-order chi connectivity index (χ0) is 13.0. The van der Waals surface area contributed by atoms with Crippen LogP contribution in [0.25, 0.3) is 0 Å². The van der Waals surface area contributed by atoms with Gasteiger partial charge >= 0.3 is 0 Å². The maximum atomic E-state index is 12.9. The first-order valence-corrected chi connectivity index (χ1v) is 5.64. The predicted molar refractivity (Wildman–Crippen MR) is 61.0 cm³/mol. The molecule has 1 aromatic carbocycles. The number of ether oxygens (including phenoxy) is 1. The van der Waals surface area contributed by atoms with Crippen LogP contribution in [-0.2, 0) is 9.53 Å². The summed E-state index contributed by atoms with van der Waals surface area (Å²) >= 11 is 0. The van der Waals surface area contributed by atoms with Crippen LogP contribution in [-0.4, -0.2) is 24.5 Å². The monoisotopic (exact) mass is 252 g/mol. The Labute approximate surface area is 103 Å². The standard InChI is InChI=1S/C12H13FN2O3/c13-9-4-1-3-8(7-9)11(16)14-15-12(17)10-5-2-6-18-10/h1,3-4,7,10H,2,5-6H2,(H,14,16)(H,15,17). The lowest BCUT2D eigenvalue weighted by molar-refractivity contribution is -0.130. The molecule has 6 heteroatoms. The Kier molecular flexibility index (Phi) is 3.88. The molecule has 1 unspecified atom stereocenters. The predicted octanol–water partition coefficient (Wildman–Crippen LogP) is 0.766. The van der Waals surface area contributed by atoms with E-state index in [-0.39, 0.29) is 5.56 Å². The fourth-order valence-corrected chi connectivity index (χ4v) is 1.69. The maximum Gasteiger partial charge on any atom is 0.269 e. The van der Waals surface area contributed by atoms with Crippen molar-refractivity contribution >= 4 is 11.8 Å². The molecule has 1 aromatic rings. The van der Waals surface area contributed by atoms with Gasteiger partial charge in [-0.1, -0.05) is 6.07 Å². The number of amides is 2. The second-order valence-corrected chi connectivity index (χ2v) is 3.96. The molecule has 5 nitrogen and oxygen atoms in total. The van der Waals surface area contributed by atoms with Gasteiger partial charge in [0, 0.05) is 12.2 Å². The molecule has 1 atom stereocenters. The third-order valence-corrected chi connectivity index (χ3v) is 2.61. The number of rotatable bonds is 2. The molecular weight excluding hydrogens is 239 g/mol. The van der Waals surface area contributed by atoms with E-state index in [0.717, 1.165) is 12.5 Å². The smallest absolute Gasteiger partial charge is 0.269 e. The first kappa shape index (κ1) is 12.5. The first-order chi connectivity index (χ1) is 8.66. The molecule has 1 heterocycles. The van der Waals surface area contributed by atoms with E-state index in [1.165, 1.54) is 18.2 Å². The van der Waals surface area contributed by atoms with E-state index in [0.29, 0.717) is 13.0 Å². The number of carbonyl (C=O) groups excluding carboxylic acids is 2. The zero-order valence-corrected chi connectivity index (χ0v) is 9.61. The van der Waals surface area contributed by atoms with Gasteiger partial charge in [0.05, 0.1) is 0 Å². The molecule has 96 valence electrons. The lowest BCUT2D eigenvalue weighted by Gasteiger charge is -2.11. The Balaban J connectivity index is 1.86. The van der Waals surface area contributed by atoms with Gasteiger partial charge in [-0.25, -0.2) is 4.39 Å². The summed E-state index contributed by atoms with van der Waals surface area (Å²) in [6, 6.07) is 5.21. The highest BCUT2D eigenvalue weighted by Crippen LogP contribution is 2.11. The van der Waals surface area contributed by atoms with Gasteiger partial charge in [-0.3, -0.25) is 20.4 Å². The summed E-state index contributed by atoms with van der Waals surface area (Å²) in [5.41, 5.74) is 4.62. The number of benzene rings is 1. The van der Waals surface area contributed by atoms with Crippen molar-refractivity contribution in [1.29, 1.82) is 0 Å². The van der Waals surface area contributed by atoms with Crippen LogP contribution in [0.4, 0.5) is 4.39 Å². The minimum Gasteiger partial charge on any atom is -0.368 e. The summed E-state index contributed by atoms with van der Waals surface area (Å²) in [5, 5.41) is 0. The molecule has 0 radical (unpaired) electrons. The first-order valence-electron chi connectivity index (χ1n) is 5.64. The highest BCUT2D eigenvalue weighted by molar-refractivity contribution is 5.95. The third-order valence-electron chi connectivity index (χ3n) is 2.61. The molecular formula is C12H13FN2O3. The van der Waals surface area contributed by atoms with E-state index in [9.17, 15) is 14.0 Å². The molecule has 2 N–H and O–H groups in total. The quantitative estimate of drug-likeness (QED) is 0.764. The Morgan fingerprint density at radius 3 is 2.83 bits per heavy atom. The highest BCUT2D eigenvalue weighted by atomic mass is 19.1. The number of nitrogens with one attached hydrogen (secondary N) is 2. The van der Waals surface area contributed by atoms with Crippen molar-refractivity contribution in [2.75, 3.05) is 6.61 Å². The normalized spacial score (nSPS) is 18.4. The average Bonchev–Trinajstić information content (AvgIpc) is 2.89. The SMILES string of the molecule is O=C(NNC(=O)C1CCCO1)c1cccc(F)c1. The summed E-state index contributed by atoms with van der Waals surface area (Å²) in [4.78, 5) is 23.1. The van der Waals surface area contributed by atoms with Gasteiger partial charge in [0.15, 0.2) is 0 Å². The fourth-order valence-electron chi connectivity index (χ4n) is 1.69. The van der Waals surface area contributed by atoms with Crippen molar-refractivity contribution in [1.82, 2.24) is 10.9 Å². The van der Waals surface area contributed by atoms with Crippen molar-refractivity contribution in [3.63, 3.8) is 0 Å². The molecule has 0 bridgehead atoms. The summed E-state index contributed by atoms with van der Waals surface area (Å²) < 4.78 is 18.0. The van der Waals surface area contributed by atoms with E-state index in [1.54, 1.807) is 0 Å². The van der Waals surface area contributed by atoms with Gasteiger partial charge < -0.3 is 4.74 Å². The summed E-state index contributed by atoms with van der Waals surface area (Å²) in [7, 11) is 0. The molecule has 0 saturated carbocycles. The Bertz CT molecular complexity index is 458. The molecule has 0 aromatic heterocycles. The van der Waals surface area contributed by atoms with Crippen LogP contribution in [0, 0.1) is 5.82 Å². The molecule has 1 aliphatic rings. The van der Waals surface area contributed by atoms with E-state index in [1.807, 2.05) is 0 Å². The minimum atomic E-state index is -0.569. The van der Waals surface area contributed by atoms with Crippen molar-refractivity contribution in [2.24, 2.45) is 0 Å². The molecule has 18 heavy (non-hydrogen) atoms. The maximum absolute atomic E-state index is 12.9. The third kappa shape index (κ3) is 3.04. The molecule has 1 fully saturated rings. The number of hydrogen-bond donors (Lipinski definition) is 2. The van der Waals surface area contributed by atoms with E-state index >= 15 is 0 Å². The average molecular weight is 252 g/mol. The molecule has 0 aliphatic carbocycles. The Hall–Kier alpha value is -1.95. The van der Waals surface area contributed by atoms with Gasteiger partial charge in [0.25, 0.3) is 11.8 Å². The second kappa shape index (κ2) is 5.59. The van der Waals surface area contributed by atoms with Crippen LogP contribution in [0.5, 0.6) is 0 Å². The van der Waals surface area contributed by atoms with Crippen LogP contribution in [0.2, 0.25) is 0 Å². The van der Waals surface area contributed by atoms with Gasteiger partial charge in [-0.2, -0.15) is 0 Å². The zero-order valence-electron chi connectivity index (χ0n) is 9.61. The molecule has 1 aliphatic heterocycles. The highest BCUT2D eigenvalue weighted by Gasteiger charge is 2.23. The van der Waals surface area contributed by atoms with Crippen LogP contribution >= 0.6 is 0 Å². The van der Waals surface area contributed by atoms with Crippen LogP contribution in [0.15, 0.2) is 24.3 Å². The molecule has 0 spiro atoms. The molecule has 1 saturated heterocycles. The van der Waals surface area contributed by atoms with Gasteiger partial charge in [-0.15, -0.1) is 0 Å². The van der Waals surface area contributed by atoms with Crippen molar-refractivity contribution in [2.45, 2.75) is 18.9 Å². The van der Waals surface area contributed by atoms with E-state index in [4.69, 9.17) is 4.74 Å². The van der Waals surface area contributed by atoms with Gasteiger partial charge in [0.1, 0.15) is 11.9 Å². The van der Waals surface area contributed by atoms with Crippen molar-refractivity contribution in [3.8, 4) is 0 Å². The van der Waals surface area contributed by atoms with E-state index < -0.39 is 23.7 Å². The summed E-state index contributed by atoms with van der Waals surface area (Å²) in [5.74, 6) is -1.47. The largest absolute Gasteiger partial charge is 0.368 e. The van der Waals surface area contributed by atoms with Crippen molar-refractivity contribution < 1.29 is 18.7 Å². The minimum absolute atomic E-state index is 0.141. The summed E-state index contributed by atoms with van der Waals surface area (Å²) in [6.07, 6.45) is 0.954. The lowest BCUT2D eigenvalue weighted by atomic mass is 10.2. The lowest BCUT2D eigenvalue weighted by Crippen LogP contribution is -2.46. The Morgan fingerprint density at radius 1 is 1.33 bits per heavy atom. The summed E-state index contributed by atoms with van der Waals surface area (Å²) in [6.45, 7) is 0.552. The van der Waals surface area contributed by atoms with Crippen LogP contribution in [0.3, 0.4) is 0 Å². The topological polar surface area (TPSA) is 67.4 Å². The van der Waals surface area contributed by atoms with Gasteiger partial charge in [0.2, 0.25) is 0 Å². The second-order valence-electron chi connectivity index (χ2n) is 3.96. The number of hydrazine groups is 1. The Morgan fingerprint density at radius 2 is 2.17 bits per heavy atom. The van der Waals surface area contributed by atoms with Gasteiger partial charge in [-0.05, 0) is 31.0 Å². The number of carbonyl (C=O) groups is 2. The number of hydrogen-bond acceptors (Lipinski definition) is 3. The number of halogens is 1. The van der Waals surface area contributed by atoms with Crippen LogP contribution < -0.4 is 10.9 Å². The molecule has 2 amide bonds. The van der Waals surface area contributed by atoms with Crippen LogP contribution in [0.1, 0.15) is 23.2 Å². The fraction of sp³-hybridized carbons (Fsp3) is 0.333. The van der Waals surface area contributed by atoms with E-state index in [2.05, 4.69) is 10.9 Å².